The van der Waals surface area contributed by atoms with E-state index in [1.54, 1.807) is 0 Å². The number of fused-ring (bicyclic) bond motifs is 1. The molecule has 2 fully saturated rings. The van der Waals surface area contributed by atoms with Crippen molar-refractivity contribution < 1.29 is 24.2 Å². The number of alkyl carbamates (subject to hydrolysis) is 1. The van der Waals surface area contributed by atoms with Crippen molar-refractivity contribution in [3.63, 3.8) is 0 Å². The van der Waals surface area contributed by atoms with Crippen LogP contribution in [0.3, 0.4) is 0 Å². The lowest BCUT2D eigenvalue weighted by atomic mass is 9.72. The molecule has 0 bridgehead atoms. The summed E-state index contributed by atoms with van der Waals surface area (Å²) in [6.45, 7) is 6.42. The predicted octanol–water partition coefficient (Wildman–Crippen LogP) is 2.53. The molecule has 2 amide bonds. The van der Waals surface area contributed by atoms with E-state index in [-0.39, 0.29) is 17.5 Å². The van der Waals surface area contributed by atoms with Gasteiger partial charge in [-0.1, -0.05) is 49.6 Å². The normalized spacial score (nSPS) is 24.2. The third kappa shape index (κ3) is 8.48. The molecule has 36 heavy (non-hydrogen) atoms. The van der Waals surface area contributed by atoms with Gasteiger partial charge < -0.3 is 26.2 Å². The Morgan fingerprint density at radius 3 is 2.44 bits per heavy atom. The highest BCUT2D eigenvalue weighted by Gasteiger charge is 2.42. The third-order valence-electron chi connectivity index (χ3n) is 7.15. The number of carbonyl (C=O) groups excluding carboxylic acids is 2. The Kier molecular flexibility index (Phi) is 9.73. The van der Waals surface area contributed by atoms with E-state index in [0.29, 0.717) is 24.8 Å². The molecule has 1 aliphatic heterocycles. The molecule has 1 heterocycles. The van der Waals surface area contributed by atoms with Gasteiger partial charge in [0.1, 0.15) is 12.6 Å². The minimum Gasteiger partial charge on any atom is -0.480 e. The van der Waals surface area contributed by atoms with E-state index in [1.807, 2.05) is 51.1 Å². The number of amides is 2. The monoisotopic (exact) mass is 502 g/mol. The summed E-state index contributed by atoms with van der Waals surface area (Å²) in [6, 6.07) is 8.85. The highest BCUT2D eigenvalue weighted by Crippen LogP contribution is 2.39. The van der Waals surface area contributed by atoms with Gasteiger partial charge in [0.25, 0.3) is 0 Å². The van der Waals surface area contributed by atoms with Crippen LogP contribution in [-0.4, -0.2) is 71.3 Å². The van der Waals surface area contributed by atoms with Crippen LogP contribution in [0.5, 0.6) is 0 Å². The Balaban J connectivity index is 1.80. The molecule has 0 unspecified atom stereocenters. The number of nitrogens with one attached hydrogen (secondary N) is 2. The standard InChI is InChI=1S/C27H42N4O5/c1-27(2,3)30-25(34)22-14-19-11-7-8-12-20(19)16-31(22)17-23(36-26(35)29-15-24(32)33)21(28)13-18-9-5-4-6-10-18/h4-6,9-10,19-23H,7-8,11-17,28H2,1-3H3,(H,29,35)(H,30,34)(H,32,33)/t19-,20+,21-,22-,23+/m0/s1. The Morgan fingerprint density at radius 1 is 1.14 bits per heavy atom. The van der Waals surface area contributed by atoms with E-state index in [2.05, 4.69) is 15.5 Å². The van der Waals surface area contributed by atoms with Gasteiger partial charge in [-0.15, -0.1) is 0 Å². The number of ether oxygens (including phenoxy) is 1. The SMILES string of the molecule is CC(C)(C)NC(=O)[C@@H]1C[C@@H]2CCCC[C@@H]2CN1C[C@@H](OC(=O)NCC(=O)O)[C@@H](N)Cc1ccccc1. The van der Waals surface area contributed by atoms with Crippen molar-refractivity contribution in [2.75, 3.05) is 19.6 Å². The number of hydrogen-bond donors (Lipinski definition) is 4. The maximum absolute atomic E-state index is 13.4. The van der Waals surface area contributed by atoms with E-state index >= 15 is 0 Å². The van der Waals surface area contributed by atoms with Crippen LogP contribution in [0.2, 0.25) is 0 Å². The first-order valence-electron chi connectivity index (χ1n) is 13.0. The molecule has 9 heteroatoms. The molecule has 2 aliphatic rings. The summed E-state index contributed by atoms with van der Waals surface area (Å²) < 4.78 is 5.69. The van der Waals surface area contributed by atoms with Gasteiger partial charge in [0.05, 0.1) is 6.04 Å². The molecule has 0 radical (unpaired) electrons. The maximum atomic E-state index is 13.4. The van der Waals surface area contributed by atoms with Crippen LogP contribution in [0.15, 0.2) is 30.3 Å². The lowest BCUT2D eigenvalue weighted by molar-refractivity contribution is -0.136. The van der Waals surface area contributed by atoms with Crippen LogP contribution < -0.4 is 16.4 Å². The van der Waals surface area contributed by atoms with Crippen molar-refractivity contribution in [1.82, 2.24) is 15.5 Å². The van der Waals surface area contributed by atoms with Gasteiger partial charge in [0.15, 0.2) is 0 Å². The van der Waals surface area contributed by atoms with Crippen LogP contribution in [0.1, 0.15) is 58.4 Å². The number of piperidine rings is 1. The lowest BCUT2D eigenvalue weighted by Gasteiger charge is -2.47. The molecule has 1 aromatic carbocycles. The summed E-state index contributed by atoms with van der Waals surface area (Å²) in [5, 5.41) is 14.3. The number of rotatable bonds is 9. The van der Waals surface area contributed by atoms with E-state index in [9.17, 15) is 14.4 Å². The number of benzene rings is 1. The topological polar surface area (TPSA) is 134 Å². The van der Waals surface area contributed by atoms with E-state index in [0.717, 1.165) is 31.4 Å². The van der Waals surface area contributed by atoms with Crippen LogP contribution in [0, 0.1) is 11.8 Å². The Morgan fingerprint density at radius 2 is 1.81 bits per heavy atom. The van der Waals surface area contributed by atoms with Gasteiger partial charge in [-0.2, -0.15) is 0 Å². The Labute approximate surface area is 214 Å². The van der Waals surface area contributed by atoms with Gasteiger partial charge in [-0.05, 0) is 57.4 Å². The third-order valence-corrected chi connectivity index (χ3v) is 7.15. The average Bonchev–Trinajstić information content (AvgIpc) is 2.81. The van der Waals surface area contributed by atoms with Gasteiger partial charge in [-0.3, -0.25) is 14.5 Å². The van der Waals surface area contributed by atoms with Crippen LogP contribution >= 0.6 is 0 Å². The van der Waals surface area contributed by atoms with Crippen molar-refractivity contribution in [3.8, 4) is 0 Å². The van der Waals surface area contributed by atoms with E-state index in [4.69, 9.17) is 15.6 Å². The quantitative estimate of drug-likeness (QED) is 0.408. The zero-order valence-electron chi connectivity index (χ0n) is 21.7. The largest absolute Gasteiger partial charge is 0.480 e. The highest BCUT2D eigenvalue weighted by atomic mass is 16.6. The number of nitrogens with two attached hydrogens (primary N) is 1. The molecule has 1 aromatic rings. The number of aliphatic carboxylic acids is 1. The molecule has 3 rings (SSSR count). The fourth-order valence-electron chi connectivity index (χ4n) is 5.46. The Hall–Kier alpha value is -2.65. The van der Waals surface area contributed by atoms with Crippen molar-refractivity contribution in [1.29, 1.82) is 0 Å². The fraction of sp³-hybridized carbons (Fsp3) is 0.667. The van der Waals surface area contributed by atoms with Crippen molar-refractivity contribution >= 4 is 18.0 Å². The summed E-state index contributed by atoms with van der Waals surface area (Å²) in [7, 11) is 0. The summed E-state index contributed by atoms with van der Waals surface area (Å²) >= 11 is 0. The number of carboxylic acids is 1. The number of likely N-dealkylation sites (tertiary alicyclic amines) is 1. The van der Waals surface area contributed by atoms with Crippen LogP contribution in [-0.2, 0) is 20.7 Å². The van der Waals surface area contributed by atoms with Crippen molar-refractivity contribution in [3.05, 3.63) is 35.9 Å². The number of carboxylic acid groups (broad SMARTS) is 1. The second kappa shape index (κ2) is 12.5. The number of nitrogens with zero attached hydrogens (tertiary/aromatic N) is 1. The molecule has 1 saturated heterocycles. The predicted molar refractivity (Wildman–Crippen MR) is 137 cm³/mol. The molecule has 0 aromatic heterocycles. The smallest absolute Gasteiger partial charge is 0.408 e. The highest BCUT2D eigenvalue weighted by molar-refractivity contribution is 5.82. The second-order valence-corrected chi connectivity index (χ2v) is 11.3. The molecular weight excluding hydrogens is 460 g/mol. The van der Waals surface area contributed by atoms with Crippen molar-refractivity contribution in [2.24, 2.45) is 17.6 Å². The van der Waals surface area contributed by atoms with E-state index in [1.165, 1.54) is 12.8 Å². The number of hydrogen-bond acceptors (Lipinski definition) is 6. The second-order valence-electron chi connectivity index (χ2n) is 11.3. The molecule has 0 spiro atoms. The molecule has 5 atom stereocenters. The summed E-state index contributed by atoms with van der Waals surface area (Å²) in [6.07, 6.45) is 4.39. The molecule has 200 valence electrons. The molecule has 1 aliphatic carbocycles. The zero-order chi connectivity index (χ0) is 26.3. The van der Waals surface area contributed by atoms with Gasteiger partial charge in [-0.25, -0.2) is 4.79 Å². The minimum absolute atomic E-state index is 0.0165. The lowest BCUT2D eigenvalue weighted by Crippen LogP contribution is -2.60. The minimum atomic E-state index is -1.16. The summed E-state index contributed by atoms with van der Waals surface area (Å²) in [4.78, 5) is 38.8. The van der Waals surface area contributed by atoms with Gasteiger partial charge >= 0.3 is 12.1 Å². The first-order valence-corrected chi connectivity index (χ1v) is 13.0. The maximum Gasteiger partial charge on any atom is 0.408 e. The van der Waals surface area contributed by atoms with Crippen LogP contribution in [0.25, 0.3) is 0 Å². The van der Waals surface area contributed by atoms with Gasteiger partial charge in [0, 0.05) is 24.7 Å². The first-order chi connectivity index (χ1) is 17.0. The van der Waals surface area contributed by atoms with Crippen LogP contribution in [0.4, 0.5) is 4.79 Å². The Bertz CT molecular complexity index is 888. The fourth-order valence-corrected chi connectivity index (χ4v) is 5.46. The molecular formula is C27H42N4O5. The molecule has 9 nitrogen and oxygen atoms in total. The molecule has 5 N–H and O–H groups in total. The van der Waals surface area contributed by atoms with E-state index < -0.39 is 30.8 Å². The summed E-state index contributed by atoms with van der Waals surface area (Å²) in [5.41, 5.74) is 7.23. The summed E-state index contributed by atoms with van der Waals surface area (Å²) in [5.74, 6) is -0.154. The van der Waals surface area contributed by atoms with Crippen molar-refractivity contribution in [2.45, 2.75) is 83.0 Å². The average molecular weight is 503 g/mol. The number of carbonyl (C=O) groups is 3. The molecule has 1 saturated carbocycles. The first kappa shape index (κ1) is 27.9. The zero-order valence-corrected chi connectivity index (χ0v) is 21.7. The van der Waals surface area contributed by atoms with Gasteiger partial charge in [0.2, 0.25) is 5.91 Å².